The highest BCUT2D eigenvalue weighted by Crippen LogP contribution is 2.07. The first kappa shape index (κ1) is 15.1. The van der Waals surface area contributed by atoms with Gasteiger partial charge in [-0.25, -0.2) is 15.0 Å². The van der Waals surface area contributed by atoms with Crippen LogP contribution in [0, 0.1) is 6.92 Å². The molecule has 0 saturated carbocycles. The molecule has 1 aromatic heterocycles. The lowest BCUT2D eigenvalue weighted by molar-refractivity contribution is 0.650. The molecule has 101 valence electrons. The molecule has 1 aromatic rings. The summed E-state index contributed by atoms with van der Waals surface area (Å²) in [5.74, 6) is 2.77. The van der Waals surface area contributed by atoms with Gasteiger partial charge in [-0.15, -0.1) is 0 Å². The molecule has 1 radical (unpaired) electrons. The number of hydrogen-bond acceptors (Lipinski definition) is 3. The van der Waals surface area contributed by atoms with Crippen LogP contribution in [-0.4, -0.2) is 15.0 Å². The zero-order chi connectivity index (χ0) is 13.2. The van der Waals surface area contributed by atoms with Gasteiger partial charge < -0.3 is 0 Å². The van der Waals surface area contributed by atoms with Crippen LogP contribution in [0.5, 0.6) is 0 Å². The lowest BCUT2D eigenvalue weighted by atomic mass is 10.2. The maximum Gasteiger partial charge on any atom is 0.132 e. The SMILES string of the molecule is [CH2]Cc1nc(CCCCC)nc(CCCCC)n1. The van der Waals surface area contributed by atoms with E-state index in [4.69, 9.17) is 0 Å². The number of hydrogen-bond donors (Lipinski definition) is 0. The van der Waals surface area contributed by atoms with Gasteiger partial charge in [0.25, 0.3) is 0 Å². The molecule has 0 amide bonds. The van der Waals surface area contributed by atoms with Gasteiger partial charge in [-0.2, -0.15) is 0 Å². The van der Waals surface area contributed by atoms with Crippen molar-refractivity contribution in [3.8, 4) is 0 Å². The van der Waals surface area contributed by atoms with Crippen molar-refractivity contribution in [3.63, 3.8) is 0 Å². The standard InChI is InChI=1S/C15H26N3/c1-4-7-9-11-14-16-13(6-3)17-15(18-14)12-10-8-5-2/h3-12H2,1-2H3. The van der Waals surface area contributed by atoms with Crippen LogP contribution in [0.4, 0.5) is 0 Å². The molecule has 0 aliphatic carbocycles. The Labute approximate surface area is 111 Å². The average Bonchev–Trinajstić information content (AvgIpc) is 2.39. The molecule has 0 aliphatic heterocycles. The van der Waals surface area contributed by atoms with Crippen molar-refractivity contribution >= 4 is 0 Å². The monoisotopic (exact) mass is 248 g/mol. The second kappa shape index (κ2) is 9.01. The number of rotatable bonds is 9. The largest absolute Gasteiger partial charge is 0.218 e. The fourth-order valence-corrected chi connectivity index (χ4v) is 1.92. The molecule has 0 atom stereocenters. The lowest BCUT2D eigenvalue weighted by Gasteiger charge is -2.06. The van der Waals surface area contributed by atoms with E-state index in [-0.39, 0.29) is 0 Å². The third-order valence-corrected chi connectivity index (χ3v) is 3.01. The lowest BCUT2D eigenvalue weighted by Crippen LogP contribution is -2.07. The van der Waals surface area contributed by atoms with Crippen LogP contribution in [0.15, 0.2) is 0 Å². The van der Waals surface area contributed by atoms with Crippen LogP contribution in [0.1, 0.15) is 69.8 Å². The predicted octanol–water partition coefficient (Wildman–Crippen LogP) is 3.71. The summed E-state index contributed by atoms with van der Waals surface area (Å²) in [5, 5.41) is 0. The van der Waals surface area contributed by atoms with E-state index in [1.165, 1.54) is 38.5 Å². The fourth-order valence-electron chi connectivity index (χ4n) is 1.92. The minimum absolute atomic E-state index is 0.657. The summed E-state index contributed by atoms with van der Waals surface area (Å²) in [6, 6.07) is 0. The smallest absolute Gasteiger partial charge is 0.132 e. The Bertz CT molecular complexity index is 308. The Morgan fingerprint density at radius 3 is 1.56 bits per heavy atom. The van der Waals surface area contributed by atoms with Crippen molar-refractivity contribution in [2.24, 2.45) is 0 Å². The molecule has 3 nitrogen and oxygen atoms in total. The normalized spacial score (nSPS) is 10.8. The zero-order valence-corrected chi connectivity index (χ0v) is 11.9. The maximum atomic E-state index is 4.57. The molecule has 3 heteroatoms. The summed E-state index contributed by atoms with van der Waals surface area (Å²) in [4.78, 5) is 13.5. The highest BCUT2D eigenvalue weighted by atomic mass is 15.0. The Kier molecular flexibility index (Phi) is 7.54. The molecule has 0 unspecified atom stereocenters. The first-order valence-corrected chi connectivity index (χ1v) is 7.32. The molecule has 0 N–H and O–H groups in total. The Hall–Kier alpha value is -0.990. The Balaban J connectivity index is 2.62. The second-order valence-electron chi connectivity index (χ2n) is 4.75. The van der Waals surface area contributed by atoms with Gasteiger partial charge in [-0.05, 0) is 19.8 Å². The third-order valence-electron chi connectivity index (χ3n) is 3.01. The van der Waals surface area contributed by atoms with Gasteiger partial charge in [0.15, 0.2) is 0 Å². The molecule has 0 saturated heterocycles. The van der Waals surface area contributed by atoms with E-state index in [2.05, 4.69) is 35.7 Å². The van der Waals surface area contributed by atoms with E-state index >= 15 is 0 Å². The van der Waals surface area contributed by atoms with Gasteiger partial charge in [0, 0.05) is 19.3 Å². The zero-order valence-electron chi connectivity index (χ0n) is 11.9. The van der Waals surface area contributed by atoms with Crippen LogP contribution in [-0.2, 0) is 19.3 Å². The quantitative estimate of drug-likeness (QED) is 0.625. The summed E-state index contributed by atoms with van der Waals surface area (Å²) < 4.78 is 0. The van der Waals surface area contributed by atoms with Crippen molar-refractivity contribution in [2.45, 2.75) is 71.6 Å². The molecule has 0 spiro atoms. The summed E-state index contributed by atoms with van der Waals surface area (Å²) in [6.45, 7) is 8.30. The van der Waals surface area contributed by atoms with Crippen molar-refractivity contribution in [2.75, 3.05) is 0 Å². The molecular formula is C15H26N3. The van der Waals surface area contributed by atoms with Crippen molar-refractivity contribution in [1.82, 2.24) is 15.0 Å². The Morgan fingerprint density at radius 1 is 0.722 bits per heavy atom. The van der Waals surface area contributed by atoms with Gasteiger partial charge in [0.2, 0.25) is 0 Å². The number of aryl methyl sites for hydroxylation is 2. The van der Waals surface area contributed by atoms with Gasteiger partial charge in [-0.1, -0.05) is 39.5 Å². The van der Waals surface area contributed by atoms with Gasteiger partial charge in [0.1, 0.15) is 17.5 Å². The molecule has 1 heterocycles. The van der Waals surface area contributed by atoms with Crippen molar-refractivity contribution in [3.05, 3.63) is 24.4 Å². The predicted molar refractivity (Wildman–Crippen MR) is 75.3 cm³/mol. The molecule has 0 aromatic carbocycles. The van der Waals surface area contributed by atoms with Crippen LogP contribution < -0.4 is 0 Å². The van der Waals surface area contributed by atoms with E-state index < -0.39 is 0 Å². The molecular weight excluding hydrogens is 222 g/mol. The minimum atomic E-state index is 0.657. The molecule has 0 fully saturated rings. The van der Waals surface area contributed by atoms with Crippen LogP contribution in [0.25, 0.3) is 0 Å². The number of nitrogens with zero attached hydrogens (tertiary/aromatic N) is 3. The van der Waals surface area contributed by atoms with Crippen LogP contribution in [0.2, 0.25) is 0 Å². The molecule has 0 aliphatic rings. The first-order valence-electron chi connectivity index (χ1n) is 7.32. The highest BCUT2D eigenvalue weighted by Gasteiger charge is 2.05. The average molecular weight is 248 g/mol. The third kappa shape index (κ3) is 5.56. The van der Waals surface area contributed by atoms with E-state index in [1.807, 2.05) is 0 Å². The van der Waals surface area contributed by atoms with Crippen molar-refractivity contribution in [1.29, 1.82) is 0 Å². The van der Waals surface area contributed by atoms with E-state index in [1.54, 1.807) is 0 Å². The summed E-state index contributed by atoms with van der Waals surface area (Å²) in [6.07, 6.45) is 9.91. The molecule has 18 heavy (non-hydrogen) atoms. The van der Waals surface area contributed by atoms with Gasteiger partial charge in [0.05, 0.1) is 0 Å². The number of aromatic nitrogens is 3. The topological polar surface area (TPSA) is 38.7 Å². The van der Waals surface area contributed by atoms with E-state index in [9.17, 15) is 0 Å². The first-order chi connectivity index (χ1) is 8.80. The van der Waals surface area contributed by atoms with E-state index in [0.29, 0.717) is 6.42 Å². The summed E-state index contributed by atoms with van der Waals surface area (Å²) >= 11 is 0. The minimum Gasteiger partial charge on any atom is -0.218 e. The van der Waals surface area contributed by atoms with Gasteiger partial charge in [-0.3, -0.25) is 0 Å². The second-order valence-corrected chi connectivity index (χ2v) is 4.75. The van der Waals surface area contributed by atoms with Crippen LogP contribution in [0.3, 0.4) is 0 Å². The maximum absolute atomic E-state index is 4.57. The van der Waals surface area contributed by atoms with Crippen molar-refractivity contribution < 1.29 is 0 Å². The summed E-state index contributed by atoms with van der Waals surface area (Å²) in [5.41, 5.74) is 0. The highest BCUT2D eigenvalue weighted by molar-refractivity contribution is 4.99. The fraction of sp³-hybridized carbons (Fsp3) is 0.733. The van der Waals surface area contributed by atoms with E-state index in [0.717, 1.165) is 30.3 Å². The van der Waals surface area contributed by atoms with Crippen LogP contribution >= 0.6 is 0 Å². The molecule has 0 bridgehead atoms. The van der Waals surface area contributed by atoms with Gasteiger partial charge >= 0.3 is 0 Å². The Morgan fingerprint density at radius 2 is 1.17 bits per heavy atom. The summed E-state index contributed by atoms with van der Waals surface area (Å²) in [7, 11) is 0. The number of unbranched alkanes of at least 4 members (excludes halogenated alkanes) is 4. The molecule has 1 rings (SSSR count).